The van der Waals surface area contributed by atoms with Crippen LogP contribution in [0.4, 0.5) is 4.39 Å². The van der Waals surface area contributed by atoms with E-state index in [-0.39, 0.29) is 11.7 Å². The number of para-hydroxylation sites is 1. The van der Waals surface area contributed by atoms with Crippen molar-refractivity contribution in [1.82, 2.24) is 19.7 Å². The van der Waals surface area contributed by atoms with Crippen LogP contribution >= 0.6 is 0 Å². The Kier molecular flexibility index (Phi) is 6.25. The van der Waals surface area contributed by atoms with Crippen molar-refractivity contribution in [2.24, 2.45) is 0 Å². The van der Waals surface area contributed by atoms with Gasteiger partial charge >= 0.3 is 5.69 Å². The molecule has 0 unspecified atom stereocenters. The van der Waals surface area contributed by atoms with E-state index in [9.17, 15) is 18.8 Å². The highest BCUT2D eigenvalue weighted by Gasteiger charge is 2.25. The van der Waals surface area contributed by atoms with E-state index in [2.05, 4.69) is 10.4 Å². The molecule has 30 heavy (non-hydrogen) atoms. The lowest BCUT2D eigenvalue weighted by atomic mass is 10.1. The lowest BCUT2D eigenvalue weighted by Crippen LogP contribution is -2.48. The maximum absolute atomic E-state index is 14.4. The molecule has 0 saturated heterocycles. The third-order valence-corrected chi connectivity index (χ3v) is 4.96. The number of carbonyl (C=O) groups excluding carboxylic acids is 1. The minimum absolute atomic E-state index is 0.144. The molecule has 1 amide bonds. The number of hydrogen-bond acceptors (Lipinski definition) is 4. The highest BCUT2D eigenvalue weighted by molar-refractivity contribution is 5.92. The molecular weight excluding hydrogens is 387 g/mol. The van der Waals surface area contributed by atoms with Crippen LogP contribution in [-0.4, -0.2) is 26.3 Å². The topological polar surface area (TPSA) is 86.0 Å². The lowest BCUT2D eigenvalue weighted by Gasteiger charge is -2.18. The van der Waals surface area contributed by atoms with E-state index in [1.165, 1.54) is 18.2 Å². The molecule has 0 spiro atoms. The number of carbonyl (C=O) groups is 1. The van der Waals surface area contributed by atoms with Crippen LogP contribution in [-0.2, 0) is 0 Å². The maximum Gasteiger partial charge on any atom is 0.352 e. The summed E-state index contributed by atoms with van der Waals surface area (Å²) in [4.78, 5) is 39.0. The fourth-order valence-corrected chi connectivity index (χ4v) is 3.03. The minimum atomic E-state index is -0.832. The Morgan fingerprint density at radius 3 is 2.33 bits per heavy atom. The number of halogens is 1. The SMILES string of the molecule is CC[C@@H](C)NC(=O)c1nn(-c2ccccc2F)c(=O)n([C@@H](C)c2ccccc2)c1=O. The van der Waals surface area contributed by atoms with E-state index in [1.54, 1.807) is 44.2 Å². The van der Waals surface area contributed by atoms with Gasteiger partial charge in [-0.25, -0.2) is 13.8 Å². The average molecular weight is 410 g/mol. The molecule has 1 N–H and O–H groups in total. The van der Waals surface area contributed by atoms with E-state index >= 15 is 0 Å². The average Bonchev–Trinajstić information content (AvgIpc) is 2.75. The molecule has 1 heterocycles. The third kappa shape index (κ3) is 4.07. The predicted octanol–water partition coefficient (Wildman–Crippen LogP) is 2.67. The molecule has 156 valence electrons. The number of nitrogens with zero attached hydrogens (tertiary/aromatic N) is 3. The number of aromatic nitrogens is 3. The van der Waals surface area contributed by atoms with Crippen LogP contribution in [0.2, 0.25) is 0 Å². The van der Waals surface area contributed by atoms with Crippen molar-refractivity contribution in [2.45, 2.75) is 39.3 Å². The Balaban J connectivity index is 2.28. The first-order valence-corrected chi connectivity index (χ1v) is 9.71. The summed E-state index contributed by atoms with van der Waals surface area (Å²) in [6, 6.07) is 13.6. The minimum Gasteiger partial charge on any atom is -0.348 e. The summed E-state index contributed by atoms with van der Waals surface area (Å²) in [6.45, 7) is 5.34. The van der Waals surface area contributed by atoms with Gasteiger partial charge in [-0.3, -0.25) is 9.59 Å². The zero-order valence-electron chi connectivity index (χ0n) is 17.0. The molecule has 2 aromatic carbocycles. The molecule has 0 bridgehead atoms. The van der Waals surface area contributed by atoms with Crippen molar-refractivity contribution in [2.75, 3.05) is 0 Å². The Morgan fingerprint density at radius 2 is 1.70 bits per heavy atom. The summed E-state index contributed by atoms with van der Waals surface area (Å²) >= 11 is 0. The second-order valence-electron chi connectivity index (χ2n) is 7.04. The molecule has 0 aliphatic heterocycles. The van der Waals surface area contributed by atoms with Crippen molar-refractivity contribution in [1.29, 1.82) is 0 Å². The summed E-state index contributed by atoms with van der Waals surface area (Å²) in [7, 11) is 0. The zero-order valence-corrected chi connectivity index (χ0v) is 17.0. The first-order valence-electron chi connectivity index (χ1n) is 9.71. The van der Waals surface area contributed by atoms with E-state index < -0.39 is 34.7 Å². The zero-order chi connectivity index (χ0) is 21.8. The van der Waals surface area contributed by atoms with Crippen molar-refractivity contribution in [3.05, 3.63) is 92.5 Å². The number of amides is 1. The van der Waals surface area contributed by atoms with Crippen LogP contribution in [0.15, 0.2) is 64.2 Å². The van der Waals surface area contributed by atoms with Gasteiger partial charge in [0.15, 0.2) is 0 Å². The summed E-state index contributed by atoms with van der Waals surface area (Å²) in [5, 5.41) is 6.63. The molecule has 0 saturated carbocycles. The summed E-state index contributed by atoms with van der Waals surface area (Å²) in [5.41, 5.74) is -1.59. The van der Waals surface area contributed by atoms with Crippen molar-refractivity contribution < 1.29 is 9.18 Å². The molecule has 0 fully saturated rings. The molecule has 3 rings (SSSR count). The molecule has 0 radical (unpaired) electrons. The van der Waals surface area contributed by atoms with Crippen molar-refractivity contribution in [3.63, 3.8) is 0 Å². The highest BCUT2D eigenvalue weighted by Crippen LogP contribution is 2.15. The van der Waals surface area contributed by atoms with Gasteiger partial charge < -0.3 is 5.32 Å². The van der Waals surface area contributed by atoms with Gasteiger partial charge in [0.05, 0.1) is 6.04 Å². The Labute approximate surface area is 172 Å². The Morgan fingerprint density at radius 1 is 1.07 bits per heavy atom. The van der Waals surface area contributed by atoms with E-state index in [4.69, 9.17) is 0 Å². The smallest absolute Gasteiger partial charge is 0.348 e. The first kappa shape index (κ1) is 21.2. The molecule has 2 atom stereocenters. The van der Waals surface area contributed by atoms with Gasteiger partial charge in [-0.15, -0.1) is 0 Å². The van der Waals surface area contributed by atoms with Crippen molar-refractivity contribution in [3.8, 4) is 5.69 Å². The first-order chi connectivity index (χ1) is 14.3. The van der Waals surface area contributed by atoms with Gasteiger partial charge in [-0.2, -0.15) is 9.78 Å². The third-order valence-electron chi connectivity index (χ3n) is 4.96. The Bertz CT molecular complexity index is 1170. The monoisotopic (exact) mass is 410 g/mol. The van der Waals surface area contributed by atoms with Gasteiger partial charge in [-0.1, -0.05) is 49.4 Å². The quantitative estimate of drug-likeness (QED) is 0.677. The molecule has 0 aliphatic carbocycles. The molecule has 3 aromatic rings. The number of benzene rings is 2. The molecule has 7 nitrogen and oxygen atoms in total. The van der Waals surface area contributed by atoms with Crippen LogP contribution < -0.4 is 16.6 Å². The van der Waals surface area contributed by atoms with Crippen molar-refractivity contribution >= 4 is 5.91 Å². The number of hydrogen-bond donors (Lipinski definition) is 1. The van der Waals surface area contributed by atoms with Gasteiger partial charge in [0, 0.05) is 6.04 Å². The van der Waals surface area contributed by atoms with Crippen LogP contribution in [0.25, 0.3) is 5.69 Å². The summed E-state index contributed by atoms with van der Waals surface area (Å²) in [5.74, 6) is -1.41. The fraction of sp³-hybridized carbons (Fsp3) is 0.273. The molecule has 0 aliphatic rings. The van der Waals surface area contributed by atoms with Gasteiger partial charge in [0.2, 0.25) is 5.69 Å². The normalized spacial score (nSPS) is 12.9. The van der Waals surface area contributed by atoms with Crippen LogP contribution in [0.3, 0.4) is 0 Å². The van der Waals surface area contributed by atoms with E-state index in [1.807, 2.05) is 13.0 Å². The number of rotatable bonds is 6. The van der Waals surface area contributed by atoms with E-state index in [0.717, 1.165) is 9.25 Å². The standard InChI is InChI=1S/C22H23FN4O3/c1-4-14(2)24-20(28)19-21(29)26(15(3)16-10-6-5-7-11-16)22(30)27(25-19)18-13-9-8-12-17(18)23/h5-15H,4H2,1-3H3,(H,24,28)/t14-,15+/m1/s1. The number of nitrogens with one attached hydrogen (secondary N) is 1. The fourth-order valence-electron chi connectivity index (χ4n) is 3.03. The Hall–Kier alpha value is -3.55. The molecule has 8 heteroatoms. The predicted molar refractivity (Wildman–Crippen MR) is 112 cm³/mol. The largest absolute Gasteiger partial charge is 0.352 e. The van der Waals surface area contributed by atoms with Gasteiger partial charge in [0.25, 0.3) is 11.5 Å². The summed E-state index contributed by atoms with van der Waals surface area (Å²) < 4.78 is 16.1. The van der Waals surface area contributed by atoms with Gasteiger partial charge in [-0.05, 0) is 38.0 Å². The van der Waals surface area contributed by atoms with Crippen LogP contribution in [0.1, 0.15) is 49.3 Å². The summed E-state index contributed by atoms with van der Waals surface area (Å²) in [6.07, 6.45) is 0.646. The second kappa shape index (κ2) is 8.86. The molecular formula is C22H23FN4O3. The maximum atomic E-state index is 14.4. The van der Waals surface area contributed by atoms with Crippen LogP contribution in [0, 0.1) is 5.82 Å². The van der Waals surface area contributed by atoms with Gasteiger partial charge in [0.1, 0.15) is 11.5 Å². The highest BCUT2D eigenvalue weighted by atomic mass is 19.1. The molecule has 1 aromatic heterocycles. The van der Waals surface area contributed by atoms with E-state index in [0.29, 0.717) is 12.0 Å². The second-order valence-corrected chi connectivity index (χ2v) is 7.04. The lowest BCUT2D eigenvalue weighted by molar-refractivity contribution is 0.0929. The van der Waals surface area contributed by atoms with Crippen LogP contribution in [0.5, 0.6) is 0 Å².